The Bertz CT molecular complexity index is 670. The van der Waals surface area contributed by atoms with Crippen molar-refractivity contribution in [2.24, 2.45) is 0 Å². The Morgan fingerprint density at radius 2 is 1.43 bits per heavy atom. The number of nitrogens with zero attached hydrogens (tertiary/aromatic N) is 2. The number of hydrogen-bond donors (Lipinski definition) is 0. The van der Waals surface area contributed by atoms with Crippen molar-refractivity contribution in [1.82, 2.24) is 9.59 Å². The van der Waals surface area contributed by atoms with Crippen molar-refractivity contribution in [2.75, 3.05) is 0 Å². The van der Waals surface area contributed by atoms with Crippen LogP contribution in [-0.4, -0.2) is 9.59 Å². The molecule has 0 saturated carbocycles. The van der Waals surface area contributed by atoms with Gasteiger partial charge in [-0.1, -0.05) is 10.6 Å². The fraction of sp³-hybridized carbons (Fsp3) is 0.125. The van der Waals surface area contributed by atoms with Crippen LogP contribution < -0.4 is 0 Å². The Hall–Kier alpha value is -2.40. The van der Waals surface area contributed by atoms with Crippen molar-refractivity contribution in [3.8, 4) is 0 Å². The molecule has 0 bridgehead atoms. The second-order valence-electron chi connectivity index (χ2n) is 4.21. The predicted octanol–water partition coefficient (Wildman–Crippen LogP) is 4.87. The maximum Gasteiger partial charge on any atom is 0.109 e. The molecule has 0 saturated heterocycles. The van der Waals surface area contributed by atoms with E-state index in [1.807, 2.05) is 24.3 Å². The molecule has 21 heavy (non-hydrogen) atoms. The molecule has 0 unspecified atom stereocenters. The molecule has 5 heteroatoms. The van der Waals surface area contributed by atoms with Crippen LogP contribution in [0.15, 0.2) is 70.3 Å². The van der Waals surface area contributed by atoms with Gasteiger partial charge in [0.15, 0.2) is 0 Å². The van der Waals surface area contributed by atoms with E-state index in [1.54, 1.807) is 25.1 Å². The Labute approximate surface area is 127 Å². The SMILES string of the molecule is Cc1ccc2snnc2c1C.c1ccoc1.c1ccoc1. The van der Waals surface area contributed by atoms with Gasteiger partial charge in [-0.3, -0.25) is 0 Å². The Kier molecular flexibility index (Phi) is 5.72. The van der Waals surface area contributed by atoms with E-state index in [9.17, 15) is 0 Å². The predicted molar refractivity (Wildman–Crippen MR) is 84.3 cm³/mol. The highest BCUT2D eigenvalue weighted by atomic mass is 32.1. The minimum Gasteiger partial charge on any atom is -0.473 e. The average Bonchev–Trinajstić information content (AvgIpc) is 3.29. The minimum atomic E-state index is 1.05. The topological polar surface area (TPSA) is 52.1 Å². The number of aromatic nitrogens is 2. The van der Waals surface area contributed by atoms with E-state index in [-0.39, 0.29) is 0 Å². The number of aryl methyl sites for hydroxylation is 2. The fourth-order valence-corrected chi connectivity index (χ4v) is 2.15. The first kappa shape index (κ1) is 15.0. The molecule has 0 spiro atoms. The maximum absolute atomic E-state index is 4.58. The van der Waals surface area contributed by atoms with Crippen molar-refractivity contribution in [1.29, 1.82) is 0 Å². The summed E-state index contributed by atoms with van der Waals surface area (Å²) in [6, 6.07) is 11.5. The van der Waals surface area contributed by atoms with E-state index in [0.717, 1.165) is 5.52 Å². The van der Waals surface area contributed by atoms with Gasteiger partial charge in [-0.25, -0.2) is 0 Å². The summed E-state index contributed by atoms with van der Waals surface area (Å²) in [5.74, 6) is 0. The van der Waals surface area contributed by atoms with Crippen molar-refractivity contribution >= 4 is 21.7 Å². The first-order valence-electron chi connectivity index (χ1n) is 6.41. The van der Waals surface area contributed by atoms with E-state index < -0.39 is 0 Å². The van der Waals surface area contributed by atoms with Crippen LogP contribution in [-0.2, 0) is 0 Å². The summed E-state index contributed by atoms with van der Waals surface area (Å²) in [6.07, 6.45) is 6.50. The maximum atomic E-state index is 4.58. The van der Waals surface area contributed by atoms with Crippen LogP contribution in [0.3, 0.4) is 0 Å². The third-order valence-electron chi connectivity index (χ3n) is 2.80. The molecule has 0 aliphatic carbocycles. The Balaban J connectivity index is 0.000000134. The van der Waals surface area contributed by atoms with Crippen molar-refractivity contribution in [2.45, 2.75) is 13.8 Å². The molecule has 0 aliphatic rings. The molecule has 0 fully saturated rings. The standard InChI is InChI=1S/C8H8N2S.2C4H4O/c1-5-3-4-7-8(6(5)2)9-10-11-7;2*1-2-4-5-3-1/h3-4H,1-2H3;2*1-4H. The van der Waals surface area contributed by atoms with Gasteiger partial charge in [0.1, 0.15) is 5.52 Å². The summed E-state index contributed by atoms with van der Waals surface area (Å²) in [4.78, 5) is 0. The van der Waals surface area contributed by atoms with Crippen LogP contribution in [0, 0.1) is 13.8 Å². The Morgan fingerprint density at radius 3 is 1.90 bits per heavy atom. The van der Waals surface area contributed by atoms with Crippen LogP contribution >= 0.6 is 11.5 Å². The van der Waals surface area contributed by atoms with Crippen LogP contribution in [0.1, 0.15) is 11.1 Å². The second-order valence-corrected chi connectivity index (χ2v) is 5.00. The van der Waals surface area contributed by atoms with Gasteiger partial charge in [0.2, 0.25) is 0 Å². The molecule has 108 valence electrons. The zero-order valence-corrected chi connectivity index (χ0v) is 12.7. The van der Waals surface area contributed by atoms with E-state index in [4.69, 9.17) is 0 Å². The summed E-state index contributed by atoms with van der Waals surface area (Å²) in [5, 5.41) is 4.05. The lowest BCUT2D eigenvalue weighted by Gasteiger charge is -1.96. The molecule has 3 heterocycles. The van der Waals surface area contributed by atoms with Crippen LogP contribution in [0.25, 0.3) is 10.2 Å². The Morgan fingerprint density at radius 1 is 0.857 bits per heavy atom. The quantitative estimate of drug-likeness (QED) is 0.465. The molecule has 0 N–H and O–H groups in total. The summed E-state index contributed by atoms with van der Waals surface area (Å²) >= 11 is 1.45. The van der Waals surface area contributed by atoms with Crippen molar-refractivity contribution < 1.29 is 8.83 Å². The molecule has 1 aromatic carbocycles. The van der Waals surface area contributed by atoms with E-state index in [2.05, 4.69) is 44.4 Å². The lowest BCUT2D eigenvalue weighted by Crippen LogP contribution is -1.81. The number of hydrogen-bond acceptors (Lipinski definition) is 5. The molecule has 4 aromatic rings. The lowest BCUT2D eigenvalue weighted by atomic mass is 10.1. The smallest absolute Gasteiger partial charge is 0.109 e. The van der Waals surface area contributed by atoms with Gasteiger partial charge >= 0.3 is 0 Å². The zero-order chi connectivity index (χ0) is 14.9. The fourth-order valence-electron chi connectivity index (χ4n) is 1.53. The highest BCUT2D eigenvalue weighted by molar-refractivity contribution is 7.12. The van der Waals surface area contributed by atoms with Gasteiger partial charge < -0.3 is 8.83 Å². The third-order valence-corrected chi connectivity index (χ3v) is 3.48. The molecule has 0 aliphatic heterocycles. The molecule has 4 nitrogen and oxygen atoms in total. The normalized spacial score (nSPS) is 9.43. The minimum absolute atomic E-state index is 1.05. The van der Waals surface area contributed by atoms with Gasteiger partial charge in [-0.05, 0) is 66.8 Å². The number of furan rings is 2. The lowest BCUT2D eigenvalue weighted by molar-refractivity contribution is 0.567. The third kappa shape index (κ3) is 4.57. The number of fused-ring (bicyclic) bond motifs is 1. The number of rotatable bonds is 0. The van der Waals surface area contributed by atoms with E-state index >= 15 is 0 Å². The summed E-state index contributed by atoms with van der Waals surface area (Å²) in [5.41, 5.74) is 3.58. The second kappa shape index (κ2) is 8.01. The summed E-state index contributed by atoms with van der Waals surface area (Å²) in [7, 11) is 0. The van der Waals surface area contributed by atoms with Crippen LogP contribution in [0.4, 0.5) is 0 Å². The molecule has 0 amide bonds. The van der Waals surface area contributed by atoms with E-state index in [1.165, 1.54) is 27.4 Å². The van der Waals surface area contributed by atoms with Crippen molar-refractivity contribution in [3.63, 3.8) is 0 Å². The van der Waals surface area contributed by atoms with Crippen LogP contribution in [0.2, 0.25) is 0 Å². The molecular weight excluding hydrogens is 284 g/mol. The van der Waals surface area contributed by atoms with Gasteiger partial charge in [0, 0.05) is 0 Å². The van der Waals surface area contributed by atoms with Gasteiger partial charge in [-0.15, -0.1) is 5.10 Å². The van der Waals surface area contributed by atoms with Gasteiger partial charge in [0.05, 0.1) is 29.8 Å². The molecular formula is C16H16N2O2S. The van der Waals surface area contributed by atoms with Crippen molar-refractivity contribution in [3.05, 3.63) is 72.6 Å². The van der Waals surface area contributed by atoms with Gasteiger partial charge in [-0.2, -0.15) is 0 Å². The summed E-state index contributed by atoms with van der Waals surface area (Å²) in [6.45, 7) is 4.17. The monoisotopic (exact) mass is 300 g/mol. The molecule has 0 atom stereocenters. The zero-order valence-electron chi connectivity index (χ0n) is 11.9. The largest absolute Gasteiger partial charge is 0.473 e. The van der Waals surface area contributed by atoms with Crippen LogP contribution in [0.5, 0.6) is 0 Å². The molecule has 3 aromatic heterocycles. The highest BCUT2D eigenvalue weighted by Crippen LogP contribution is 2.21. The highest BCUT2D eigenvalue weighted by Gasteiger charge is 2.02. The first-order valence-corrected chi connectivity index (χ1v) is 7.19. The average molecular weight is 300 g/mol. The van der Waals surface area contributed by atoms with E-state index in [0.29, 0.717) is 0 Å². The number of benzene rings is 1. The molecule has 0 radical (unpaired) electrons. The first-order chi connectivity index (χ1) is 10.3. The molecule has 4 rings (SSSR count). The summed E-state index contributed by atoms with van der Waals surface area (Å²) < 4.78 is 14.2. The van der Waals surface area contributed by atoms with Gasteiger partial charge in [0.25, 0.3) is 0 Å².